The first-order chi connectivity index (χ1) is 15.8. The maximum absolute atomic E-state index is 13.4. The molecule has 8 heteroatoms. The van der Waals surface area contributed by atoms with Gasteiger partial charge in [-0.15, -0.1) is 0 Å². The maximum atomic E-state index is 13.4. The van der Waals surface area contributed by atoms with E-state index in [2.05, 4.69) is 10.4 Å². The maximum Gasteiger partial charge on any atom is 0.318 e. The van der Waals surface area contributed by atoms with E-state index in [0.29, 0.717) is 24.6 Å². The molecule has 7 nitrogen and oxygen atoms in total. The number of rotatable bonds is 8. The van der Waals surface area contributed by atoms with Crippen LogP contribution >= 0.6 is 11.6 Å². The van der Waals surface area contributed by atoms with Crippen LogP contribution in [0.5, 0.6) is 0 Å². The Bertz CT molecular complexity index is 1010. The van der Waals surface area contributed by atoms with E-state index < -0.39 is 0 Å². The topological polar surface area (TPSA) is 74.2 Å². The normalized spacial score (nSPS) is 15.5. The second kappa shape index (κ2) is 11.3. The number of aryl methyl sites for hydroxylation is 1. The highest BCUT2D eigenvalue weighted by Crippen LogP contribution is 2.34. The first kappa shape index (κ1) is 24.7. The number of hydrogen-bond donors (Lipinski definition) is 1. The molecule has 0 fully saturated rings. The lowest BCUT2D eigenvalue weighted by molar-refractivity contribution is -0.133. The summed E-state index contributed by atoms with van der Waals surface area (Å²) in [4.78, 5) is 27.6. The number of nitrogens with one attached hydrogen (secondary N) is 1. The van der Waals surface area contributed by atoms with Gasteiger partial charge in [-0.25, -0.2) is 9.80 Å². The van der Waals surface area contributed by atoms with E-state index in [4.69, 9.17) is 16.3 Å². The summed E-state index contributed by atoms with van der Waals surface area (Å²) in [6, 6.07) is 14.9. The van der Waals surface area contributed by atoms with Crippen LogP contribution in [-0.2, 0) is 9.53 Å². The number of carbonyl (C=O) groups is 2. The third kappa shape index (κ3) is 6.33. The van der Waals surface area contributed by atoms with Crippen LogP contribution in [0.2, 0.25) is 5.02 Å². The molecule has 0 bridgehead atoms. The van der Waals surface area contributed by atoms with Gasteiger partial charge in [0, 0.05) is 36.7 Å². The fourth-order valence-electron chi connectivity index (χ4n) is 3.67. The highest BCUT2D eigenvalue weighted by Gasteiger charge is 2.34. The fourth-order valence-corrected chi connectivity index (χ4v) is 3.92. The zero-order valence-electron chi connectivity index (χ0n) is 19.5. The van der Waals surface area contributed by atoms with Crippen LogP contribution in [0.3, 0.4) is 0 Å². The van der Waals surface area contributed by atoms with Gasteiger partial charge in [0.15, 0.2) is 0 Å². The number of carbonyl (C=O) groups excluding carboxylic acids is 2. The molecule has 0 radical (unpaired) electrons. The summed E-state index contributed by atoms with van der Waals surface area (Å²) in [5.74, 6) is -0.266. The van der Waals surface area contributed by atoms with Crippen molar-refractivity contribution in [2.75, 3.05) is 26.8 Å². The van der Waals surface area contributed by atoms with E-state index in [1.54, 1.807) is 7.11 Å². The van der Waals surface area contributed by atoms with E-state index in [1.807, 2.05) is 69.3 Å². The van der Waals surface area contributed by atoms with Crippen LogP contribution in [0.15, 0.2) is 53.6 Å². The Labute approximate surface area is 200 Å². The van der Waals surface area contributed by atoms with Gasteiger partial charge in [-0.05, 0) is 32.4 Å². The lowest BCUT2D eigenvalue weighted by Gasteiger charge is -2.27. The summed E-state index contributed by atoms with van der Waals surface area (Å²) in [5, 5.41) is 9.61. The smallest absolute Gasteiger partial charge is 0.318 e. The number of urea groups is 1. The summed E-state index contributed by atoms with van der Waals surface area (Å²) in [5.41, 5.74) is 3.67. The molecule has 1 aliphatic heterocycles. The highest BCUT2D eigenvalue weighted by molar-refractivity contribution is 6.34. The van der Waals surface area contributed by atoms with Crippen molar-refractivity contribution >= 4 is 29.3 Å². The third-order valence-electron chi connectivity index (χ3n) is 5.40. The molecule has 1 atom stereocenters. The van der Waals surface area contributed by atoms with Gasteiger partial charge in [-0.3, -0.25) is 4.79 Å². The number of halogens is 1. The van der Waals surface area contributed by atoms with Crippen molar-refractivity contribution in [3.8, 4) is 0 Å². The molecule has 0 aliphatic carbocycles. The van der Waals surface area contributed by atoms with Gasteiger partial charge < -0.3 is 15.0 Å². The summed E-state index contributed by atoms with van der Waals surface area (Å²) in [7, 11) is 1.56. The first-order valence-corrected chi connectivity index (χ1v) is 11.4. The monoisotopic (exact) mass is 470 g/mol. The van der Waals surface area contributed by atoms with Crippen molar-refractivity contribution < 1.29 is 14.3 Å². The zero-order chi connectivity index (χ0) is 24.0. The largest absolute Gasteiger partial charge is 0.383 e. The van der Waals surface area contributed by atoms with Crippen LogP contribution in [0.1, 0.15) is 43.0 Å². The molecule has 1 aliphatic rings. The molecule has 0 aromatic heterocycles. The Morgan fingerprint density at radius 3 is 2.55 bits per heavy atom. The SMILES string of the molecule is COCCN(CC(=O)N1N=C(c2ccccc2Cl)C[C@@H]1c1ccc(C)cc1)C(=O)NC(C)C. The molecule has 33 heavy (non-hydrogen) atoms. The Balaban J connectivity index is 1.89. The molecule has 2 aromatic carbocycles. The molecular formula is C25H31ClN4O3. The van der Waals surface area contributed by atoms with Gasteiger partial charge in [-0.1, -0.05) is 59.6 Å². The van der Waals surface area contributed by atoms with E-state index in [1.165, 1.54) is 9.91 Å². The van der Waals surface area contributed by atoms with Crippen molar-refractivity contribution in [1.29, 1.82) is 0 Å². The van der Waals surface area contributed by atoms with Crippen LogP contribution in [0, 0.1) is 6.92 Å². The van der Waals surface area contributed by atoms with Crippen molar-refractivity contribution in [3.63, 3.8) is 0 Å². The molecule has 176 valence electrons. The molecule has 0 spiro atoms. The van der Waals surface area contributed by atoms with Crippen molar-refractivity contribution in [2.24, 2.45) is 5.10 Å². The lowest BCUT2D eigenvalue weighted by atomic mass is 9.97. The van der Waals surface area contributed by atoms with Gasteiger partial charge in [0.25, 0.3) is 5.91 Å². The second-order valence-electron chi connectivity index (χ2n) is 8.41. The Kier molecular flexibility index (Phi) is 8.47. The molecule has 3 rings (SSSR count). The number of amides is 3. The predicted octanol–water partition coefficient (Wildman–Crippen LogP) is 4.39. The zero-order valence-corrected chi connectivity index (χ0v) is 20.3. The molecular weight excluding hydrogens is 440 g/mol. The minimum atomic E-state index is -0.309. The first-order valence-electron chi connectivity index (χ1n) is 11.1. The fraction of sp³-hybridized carbons (Fsp3) is 0.400. The summed E-state index contributed by atoms with van der Waals surface area (Å²) >= 11 is 6.42. The lowest BCUT2D eigenvalue weighted by Crippen LogP contribution is -2.48. The van der Waals surface area contributed by atoms with Gasteiger partial charge >= 0.3 is 6.03 Å². The van der Waals surface area contributed by atoms with Crippen molar-refractivity contribution in [1.82, 2.24) is 15.2 Å². The minimum absolute atomic E-state index is 0.0467. The standard InChI is InChI=1S/C25H31ClN4O3/c1-17(2)27-25(32)29(13-14-33-4)16-24(31)30-23(19-11-9-18(3)10-12-19)15-22(28-30)20-7-5-6-8-21(20)26/h5-12,17,23H,13-16H2,1-4H3,(H,27,32)/t23-/m1/s1. The number of hydrazone groups is 1. The van der Waals surface area contributed by atoms with E-state index in [-0.39, 0.29) is 30.6 Å². The Morgan fingerprint density at radius 1 is 1.21 bits per heavy atom. The molecule has 0 unspecified atom stereocenters. The second-order valence-corrected chi connectivity index (χ2v) is 8.82. The van der Waals surface area contributed by atoms with Crippen LogP contribution < -0.4 is 5.32 Å². The van der Waals surface area contributed by atoms with Crippen molar-refractivity contribution in [3.05, 3.63) is 70.2 Å². The summed E-state index contributed by atoms with van der Waals surface area (Å²) in [6.45, 7) is 6.29. The minimum Gasteiger partial charge on any atom is -0.383 e. The van der Waals surface area contributed by atoms with Gasteiger partial charge in [0.2, 0.25) is 0 Å². The number of nitrogens with zero attached hydrogens (tertiary/aromatic N) is 3. The third-order valence-corrected chi connectivity index (χ3v) is 5.73. The van der Waals surface area contributed by atoms with Crippen LogP contribution in [0.4, 0.5) is 4.79 Å². The molecule has 3 amide bonds. The predicted molar refractivity (Wildman–Crippen MR) is 130 cm³/mol. The quantitative estimate of drug-likeness (QED) is 0.621. The Morgan fingerprint density at radius 2 is 1.91 bits per heavy atom. The van der Waals surface area contributed by atoms with E-state index >= 15 is 0 Å². The molecule has 1 N–H and O–H groups in total. The molecule has 0 saturated heterocycles. The summed E-state index contributed by atoms with van der Waals surface area (Å²) < 4.78 is 5.14. The van der Waals surface area contributed by atoms with Crippen LogP contribution in [-0.4, -0.2) is 60.4 Å². The van der Waals surface area contributed by atoms with Gasteiger partial charge in [0.1, 0.15) is 6.54 Å². The number of methoxy groups -OCH3 is 1. The van der Waals surface area contributed by atoms with Gasteiger partial charge in [-0.2, -0.15) is 5.10 Å². The highest BCUT2D eigenvalue weighted by atomic mass is 35.5. The average Bonchev–Trinajstić information content (AvgIpc) is 3.22. The van der Waals surface area contributed by atoms with E-state index in [9.17, 15) is 9.59 Å². The van der Waals surface area contributed by atoms with Crippen LogP contribution in [0.25, 0.3) is 0 Å². The Hall–Kier alpha value is -2.90. The van der Waals surface area contributed by atoms with Gasteiger partial charge in [0.05, 0.1) is 18.4 Å². The number of hydrogen-bond acceptors (Lipinski definition) is 4. The molecule has 2 aromatic rings. The van der Waals surface area contributed by atoms with Crippen molar-refractivity contribution in [2.45, 2.75) is 39.3 Å². The average molecular weight is 471 g/mol. The molecule has 1 heterocycles. The number of benzene rings is 2. The van der Waals surface area contributed by atoms with E-state index in [0.717, 1.165) is 22.4 Å². The summed E-state index contributed by atoms with van der Waals surface area (Å²) in [6.07, 6.45) is 0.537. The number of ether oxygens (including phenoxy) is 1. The molecule has 0 saturated carbocycles.